The summed E-state index contributed by atoms with van der Waals surface area (Å²) in [5.74, 6) is 1.04. The zero-order chi connectivity index (χ0) is 16.5. The number of carbonyl (C=O) groups is 1. The Morgan fingerprint density at radius 3 is 2.88 bits per heavy atom. The first kappa shape index (κ1) is 15.4. The molecule has 3 aromatic rings. The molecule has 2 aromatic carbocycles. The highest BCUT2D eigenvalue weighted by Crippen LogP contribution is 2.25. The van der Waals surface area contributed by atoms with E-state index in [2.05, 4.69) is 31.9 Å². The van der Waals surface area contributed by atoms with E-state index in [-0.39, 0.29) is 5.91 Å². The smallest absolute Gasteiger partial charge is 0.256 e. The number of halogens is 1. The van der Waals surface area contributed by atoms with Crippen LogP contribution in [0.1, 0.15) is 35.4 Å². The predicted molar refractivity (Wildman–Crippen MR) is 99.4 cm³/mol. The van der Waals surface area contributed by atoms with E-state index in [1.54, 1.807) is 6.07 Å². The number of hydrogen-bond donors (Lipinski definition) is 1. The van der Waals surface area contributed by atoms with E-state index in [9.17, 15) is 4.79 Å². The summed E-state index contributed by atoms with van der Waals surface area (Å²) >= 11 is 3.42. The largest absolute Gasteiger partial charge is 0.328 e. The minimum absolute atomic E-state index is 0.123. The lowest BCUT2D eigenvalue weighted by atomic mass is 10.2. The van der Waals surface area contributed by atoms with Gasteiger partial charge < -0.3 is 9.88 Å². The first-order chi connectivity index (χ1) is 11.7. The van der Waals surface area contributed by atoms with Crippen molar-refractivity contribution in [3.63, 3.8) is 0 Å². The molecular weight excluding hydrogens is 366 g/mol. The summed E-state index contributed by atoms with van der Waals surface area (Å²) in [6.07, 6.45) is 4.71. The molecule has 0 saturated carbocycles. The van der Waals surface area contributed by atoms with Crippen molar-refractivity contribution in [3.05, 3.63) is 58.3 Å². The molecule has 1 aromatic heterocycles. The maximum atomic E-state index is 12.4. The standard InChI is InChI=1S/C19H18BrN3O/c20-15-7-4-3-6-14(15)19(24)21-13-9-10-17-16(12-13)22-18-8-2-1-5-11-23(17)18/h3-4,6-7,9-10,12H,1-2,5,8,11H2,(H,21,24). The number of aromatic nitrogens is 2. The normalized spacial score (nSPS) is 14.2. The number of rotatable bonds is 2. The van der Waals surface area contributed by atoms with Gasteiger partial charge in [-0.15, -0.1) is 0 Å². The minimum Gasteiger partial charge on any atom is -0.328 e. The van der Waals surface area contributed by atoms with Crippen LogP contribution in [0.25, 0.3) is 11.0 Å². The van der Waals surface area contributed by atoms with Crippen molar-refractivity contribution in [2.75, 3.05) is 5.32 Å². The topological polar surface area (TPSA) is 46.9 Å². The van der Waals surface area contributed by atoms with Crippen molar-refractivity contribution in [3.8, 4) is 0 Å². The molecule has 0 unspecified atom stereocenters. The monoisotopic (exact) mass is 383 g/mol. The highest BCUT2D eigenvalue weighted by Gasteiger charge is 2.15. The molecule has 0 saturated heterocycles. The van der Waals surface area contributed by atoms with E-state index in [1.165, 1.54) is 19.3 Å². The number of aryl methyl sites for hydroxylation is 2. The molecule has 4 rings (SSSR count). The lowest BCUT2D eigenvalue weighted by Crippen LogP contribution is -2.12. The Morgan fingerprint density at radius 2 is 2.00 bits per heavy atom. The lowest BCUT2D eigenvalue weighted by Gasteiger charge is -2.08. The van der Waals surface area contributed by atoms with Crippen molar-refractivity contribution in [1.82, 2.24) is 9.55 Å². The Bertz CT molecular complexity index is 916. The van der Waals surface area contributed by atoms with Gasteiger partial charge in [0.05, 0.1) is 16.6 Å². The van der Waals surface area contributed by atoms with E-state index in [0.29, 0.717) is 5.56 Å². The highest BCUT2D eigenvalue weighted by atomic mass is 79.9. The van der Waals surface area contributed by atoms with Crippen LogP contribution in [0.4, 0.5) is 5.69 Å². The summed E-state index contributed by atoms with van der Waals surface area (Å²) in [7, 11) is 0. The van der Waals surface area contributed by atoms with E-state index < -0.39 is 0 Å². The molecular formula is C19H18BrN3O. The van der Waals surface area contributed by atoms with Crippen molar-refractivity contribution < 1.29 is 4.79 Å². The second kappa shape index (κ2) is 6.40. The van der Waals surface area contributed by atoms with Gasteiger partial charge in [-0.3, -0.25) is 4.79 Å². The number of carbonyl (C=O) groups excluding carboxylic acids is 1. The molecule has 0 aliphatic carbocycles. The number of amides is 1. The third kappa shape index (κ3) is 2.84. The van der Waals surface area contributed by atoms with Crippen LogP contribution in [0, 0.1) is 0 Å². The van der Waals surface area contributed by atoms with Crippen LogP contribution < -0.4 is 5.32 Å². The number of imidazole rings is 1. The van der Waals surface area contributed by atoms with E-state index in [0.717, 1.165) is 40.0 Å². The molecule has 4 nitrogen and oxygen atoms in total. The maximum Gasteiger partial charge on any atom is 0.256 e. The van der Waals surface area contributed by atoms with Gasteiger partial charge in [0.2, 0.25) is 0 Å². The molecule has 0 spiro atoms. The second-order valence-electron chi connectivity index (χ2n) is 6.13. The molecule has 0 radical (unpaired) electrons. The summed E-state index contributed by atoms with van der Waals surface area (Å²) in [4.78, 5) is 17.2. The lowest BCUT2D eigenvalue weighted by molar-refractivity contribution is 0.102. The van der Waals surface area contributed by atoms with Gasteiger partial charge in [0.15, 0.2) is 0 Å². The molecule has 2 heterocycles. The molecule has 1 aliphatic rings. The van der Waals surface area contributed by atoms with Crippen LogP contribution in [0.15, 0.2) is 46.9 Å². The minimum atomic E-state index is -0.123. The van der Waals surface area contributed by atoms with Crippen LogP contribution in [-0.4, -0.2) is 15.5 Å². The Kier molecular flexibility index (Phi) is 4.10. The van der Waals surface area contributed by atoms with Gasteiger partial charge in [-0.05, 0) is 59.1 Å². The number of nitrogens with one attached hydrogen (secondary N) is 1. The van der Waals surface area contributed by atoms with Gasteiger partial charge in [0.25, 0.3) is 5.91 Å². The van der Waals surface area contributed by atoms with Crippen LogP contribution in [0.5, 0.6) is 0 Å². The summed E-state index contributed by atoms with van der Waals surface area (Å²) in [6, 6.07) is 13.4. The van der Waals surface area contributed by atoms with Crippen molar-refractivity contribution in [1.29, 1.82) is 0 Å². The van der Waals surface area contributed by atoms with E-state index in [4.69, 9.17) is 4.98 Å². The maximum absolute atomic E-state index is 12.4. The van der Waals surface area contributed by atoms with Crippen molar-refractivity contribution in [2.45, 2.75) is 32.2 Å². The SMILES string of the molecule is O=C(Nc1ccc2c(c1)nc1n2CCCCC1)c1ccccc1Br. The van der Waals surface area contributed by atoms with Gasteiger partial charge in [0, 0.05) is 23.1 Å². The molecule has 5 heteroatoms. The number of hydrogen-bond acceptors (Lipinski definition) is 2. The molecule has 1 N–H and O–H groups in total. The van der Waals surface area contributed by atoms with Crippen LogP contribution >= 0.6 is 15.9 Å². The zero-order valence-corrected chi connectivity index (χ0v) is 14.8. The van der Waals surface area contributed by atoms with Gasteiger partial charge in [-0.25, -0.2) is 4.98 Å². The van der Waals surface area contributed by atoms with Gasteiger partial charge in [-0.1, -0.05) is 18.6 Å². The molecule has 0 atom stereocenters. The first-order valence-electron chi connectivity index (χ1n) is 8.27. The van der Waals surface area contributed by atoms with E-state index in [1.807, 2.05) is 30.3 Å². The summed E-state index contributed by atoms with van der Waals surface area (Å²) < 4.78 is 3.11. The Balaban J connectivity index is 1.64. The van der Waals surface area contributed by atoms with Crippen molar-refractivity contribution in [2.24, 2.45) is 0 Å². The Labute approximate surface area is 149 Å². The molecule has 1 amide bonds. The fraction of sp³-hybridized carbons (Fsp3) is 0.263. The molecule has 0 bridgehead atoms. The van der Waals surface area contributed by atoms with Gasteiger partial charge in [0.1, 0.15) is 5.82 Å². The van der Waals surface area contributed by atoms with Crippen LogP contribution in [0.2, 0.25) is 0 Å². The van der Waals surface area contributed by atoms with Gasteiger partial charge in [-0.2, -0.15) is 0 Å². The number of benzene rings is 2. The van der Waals surface area contributed by atoms with Crippen LogP contribution in [0.3, 0.4) is 0 Å². The summed E-state index contributed by atoms with van der Waals surface area (Å²) in [5.41, 5.74) is 3.51. The summed E-state index contributed by atoms with van der Waals surface area (Å²) in [5, 5.41) is 2.97. The van der Waals surface area contributed by atoms with Crippen molar-refractivity contribution >= 4 is 38.6 Å². The number of nitrogens with zero attached hydrogens (tertiary/aromatic N) is 2. The van der Waals surface area contributed by atoms with E-state index >= 15 is 0 Å². The second-order valence-corrected chi connectivity index (χ2v) is 6.98. The number of anilines is 1. The zero-order valence-electron chi connectivity index (χ0n) is 13.3. The number of fused-ring (bicyclic) bond motifs is 3. The average molecular weight is 384 g/mol. The highest BCUT2D eigenvalue weighted by molar-refractivity contribution is 9.10. The molecule has 0 fully saturated rings. The Morgan fingerprint density at radius 1 is 1.12 bits per heavy atom. The predicted octanol–water partition coefficient (Wildman–Crippen LogP) is 4.78. The quantitative estimate of drug-likeness (QED) is 0.692. The third-order valence-electron chi connectivity index (χ3n) is 4.49. The fourth-order valence-electron chi connectivity index (χ4n) is 3.27. The fourth-order valence-corrected chi connectivity index (χ4v) is 3.74. The molecule has 122 valence electrons. The third-order valence-corrected chi connectivity index (χ3v) is 5.18. The van der Waals surface area contributed by atoms with Crippen LogP contribution in [-0.2, 0) is 13.0 Å². The Hall–Kier alpha value is -2.14. The van der Waals surface area contributed by atoms with Gasteiger partial charge >= 0.3 is 0 Å². The molecule has 24 heavy (non-hydrogen) atoms. The summed E-state index contributed by atoms with van der Waals surface area (Å²) in [6.45, 7) is 1.04. The average Bonchev–Trinajstić information content (AvgIpc) is 2.75. The first-order valence-corrected chi connectivity index (χ1v) is 9.07. The molecule has 1 aliphatic heterocycles.